The maximum absolute atomic E-state index is 9.69. The molecule has 0 radical (unpaired) electrons. The maximum Gasteiger partial charge on any atom is 0.181 e. The summed E-state index contributed by atoms with van der Waals surface area (Å²) in [6.45, 7) is 2.99. The molecular formula is C14H18N6S. The second-order valence-electron chi connectivity index (χ2n) is 5.35. The highest BCUT2D eigenvalue weighted by molar-refractivity contribution is 7.99. The van der Waals surface area contributed by atoms with Crippen molar-refractivity contribution in [1.29, 1.82) is 5.26 Å². The molecule has 2 heterocycles. The highest BCUT2D eigenvalue weighted by Gasteiger charge is 2.45. The lowest BCUT2D eigenvalue weighted by Crippen LogP contribution is -2.48. The summed E-state index contributed by atoms with van der Waals surface area (Å²) in [5.74, 6) is 1.15. The summed E-state index contributed by atoms with van der Waals surface area (Å²) in [4.78, 5) is 15.6. The standard InChI is InChI=1S/C14H18N6S/c1-2-5-20-14(6-15,10-3-4-10)7-21-13-11-12(17-8-16-11)18-9-19-13/h8-10,20H,2-5,7H2,1H3,(H,16,17,18,19). The number of H-pyrrole nitrogens is 1. The van der Waals surface area contributed by atoms with Crippen LogP contribution in [0.2, 0.25) is 0 Å². The molecule has 2 aromatic heterocycles. The summed E-state index contributed by atoms with van der Waals surface area (Å²) in [5.41, 5.74) is 1.07. The van der Waals surface area contributed by atoms with Crippen molar-refractivity contribution in [2.75, 3.05) is 12.3 Å². The number of aromatic nitrogens is 4. The van der Waals surface area contributed by atoms with E-state index in [0.717, 1.165) is 36.3 Å². The van der Waals surface area contributed by atoms with Crippen molar-refractivity contribution in [2.24, 2.45) is 5.92 Å². The summed E-state index contributed by atoms with van der Waals surface area (Å²) in [5, 5.41) is 14.0. The van der Waals surface area contributed by atoms with Gasteiger partial charge in [-0.25, -0.2) is 15.0 Å². The Hall–Kier alpha value is -1.65. The van der Waals surface area contributed by atoms with Crippen LogP contribution in [-0.2, 0) is 0 Å². The minimum Gasteiger partial charge on any atom is -0.341 e. The van der Waals surface area contributed by atoms with Crippen LogP contribution in [0.15, 0.2) is 17.7 Å². The normalized spacial score (nSPS) is 17.5. The summed E-state index contributed by atoms with van der Waals surface area (Å²) >= 11 is 1.60. The van der Waals surface area contributed by atoms with E-state index in [1.54, 1.807) is 18.1 Å². The van der Waals surface area contributed by atoms with Gasteiger partial charge in [-0.15, -0.1) is 11.8 Å². The number of nitriles is 1. The van der Waals surface area contributed by atoms with Crippen molar-refractivity contribution in [3.63, 3.8) is 0 Å². The van der Waals surface area contributed by atoms with Crippen LogP contribution in [0.3, 0.4) is 0 Å². The highest BCUT2D eigenvalue weighted by Crippen LogP contribution is 2.42. The Labute approximate surface area is 127 Å². The molecule has 3 rings (SSSR count). The average molecular weight is 302 g/mol. The Balaban J connectivity index is 1.77. The van der Waals surface area contributed by atoms with E-state index < -0.39 is 5.54 Å². The zero-order chi connectivity index (χ0) is 14.7. The lowest BCUT2D eigenvalue weighted by molar-refractivity contribution is 0.405. The van der Waals surface area contributed by atoms with Crippen LogP contribution >= 0.6 is 11.8 Å². The fourth-order valence-electron chi connectivity index (χ4n) is 2.44. The van der Waals surface area contributed by atoms with Gasteiger partial charge >= 0.3 is 0 Å². The zero-order valence-corrected chi connectivity index (χ0v) is 12.8. The van der Waals surface area contributed by atoms with Gasteiger partial charge in [-0.2, -0.15) is 5.26 Å². The summed E-state index contributed by atoms with van der Waals surface area (Å²) < 4.78 is 0. The third kappa shape index (κ3) is 2.87. The minimum absolute atomic E-state index is 0.446. The lowest BCUT2D eigenvalue weighted by Gasteiger charge is -2.27. The van der Waals surface area contributed by atoms with E-state index in [4.69, 9.17) is 0 Å². The van der Waals surface area contributed by atoms with Crippen LogP contribution in [0.4, 0.5) is 0 Å². The molecule has 1 unspecified atom stereocenters. The zero-order valence-electron chi connectivity index (χ0n) is 12.0. The number of imidazole rings is 1. The van der Waals surface area contributed by atoms with Gasteiger partial charge in [0, 0.05) is 5.75 Å². The Morgan fingerprint density at radius 3 is 3.05 bits per heavy atom. The molecule has 2 aromatic rings. The fourth-order valence-corrected chi connectivity index (χ4v) is 3.62. The molecule has 1 aliphatic rings. The highest BCUT2D eigenvalue weighted by atomic mass is 32.2. The van der Waals surface area contributed by atoms with E-state index in [1.165, 1.54) is 6.33 Å². The molecule has 1 saturated carbocycles. The Morgan fingerprint density at radius 2 is 2.33 bits per heavy atom. The molecule has 0 aliphatic heterocycles. The number of nitrogens with zero attached hydrogens (tertiary/aromatic N) is 4. The molecule has 7 heteroatoms. The van der Waals surface area contributed by atoms with Gasteiger partial charge < -0.3 is 4.98 Å². The van der Waals surface area contributed by atoms with Crippen molar-refractivity contribution in [3.05, 3.63) is 12.7 Å². The Morgan fingerprint density at radius 1 is 1.48 bits per heavy atom. The third-order valence-electron chi connectivity index (χ3n) is 3.79. The largest absolute Gasteiger partial charge is 0.341 e. The number of fused-ring (bicyclic) bond motifs is 1. The monoisotopic (exact) mass is 302 g/mol. The van der Waals surface area contributed by atoms with Crippen LogP contribution in [0, 0.1) is 17.2 Å². The summed E-state index contributed by atoms with van der Waals surface area (Å²) in [6, 6.07) is 2.52. The quantitative estimate of drug-likeness (QED) is 0.601. The van der Waals surface area contributed by atoms with Crippen LogP contribution < -0.4 is 5.32 Å². The smallest absolute Gasteiger partial charge is 0.181 e. The van der Waals surface area contributed by atoms with Crippen molar-refractivity contribution in [2.45, 2.75) is 36.8 Å². The fraction of sp³-hybridized carbons (Fsp3) is 0.571. The Kier molecular flexibility index (Phi) is 4.08. The van der Waals surface area contributed by atoms with E-state index in [2.05, 4.69) is 38.2 Å². The molecule has 21 heavy (non-hydrogen) atoms. The molecule has 0 aromatic carbocycles. The first-order chi connectivity index (χ1) is 10.3. The van der Waals surface area contributed by atoms with Gasteiger partial charge in [0.2, 0.25) is 0 Å². The van der Waals surface area contributed by atoms with Crippen molar-refractivity contribution < 1.29 is 0 Å². The number of nitrogens with one attached hydrogen (secondary N) is 2. The van der Waals surface area contributed by atoms with Crippen LogP contribution in [-0.4, -0.2) is 37.8 Å². The van der Waals surface area contributed by atoms with E-state index >= 15 is 0 Å². The van der Waals surface area contributed by atoms with Gasteiger partial charge in [0.25, 0.3) is 0 Å². The van der Waals surface area contributed by atoms with Gasteiger partial charge in [-0.1, -0.05) is 6.92 Å². The van der Waals surface area contributed by atoms with Crippen LogP contribution in [0.25, 0.3) is 11.2 Å². The first kappa shape index (κ1) is 14.3. The number of thioether (sulfide) groups is 1. The number of hydrogen-bond acceptors (Lipinski definition) is 6. The number of rotatable bonds is 7. The van der Waals surface area contributed by atoms with Crippen molar-refractivity contribution >= 4 is 22.9 Å². The predicted molar refractivity (Wildman–Crippen MR) is 81.8 cm³/mol. The summed E-state index contributed by atoms with van der Waals surface area (Å²) in [6.07, 6.45) is 6.44. The molecule has 1 fully saturated rings. The second-order valence-corrected chi connectivity index (χ2v) is 6.32. The first-order valence-electron chi connectivity index (χ1n) is 7.22. The SMILES string of the molecule is CCCNC(C#N)(CSc1ncnc2nc[nH]c12)C1CC1. The van der Waals surface area contributed by atoms with Crippen LogP contribution in [0.1, 0.15) is 26.2 Å². The average Bonchev–Trinajstić information content (AvgIpc) is 3.26. The van der Waals surface area contributed by atoms with Gasteiger partial charge in [0.05, 0.1) is 12.4 Å². The topological polar surface area (TPSA) is 90.3 Å². The van der Waals surface area contributed by atoms with E-state index in [0.29, 0.717) is 17.3 Å². The van der Waals surface area contributed by atoms with E-state index in [9.17, 15) is 5.26 Å². The molecular weight excluding hydrogens is 284 g/mol. The molecule has 0 amide bonds. The summed E-state index contributed by atoms with van der Waals surface area (Å²) in [7, 11) is 0. The molecule has 6 nitrogen and oxygen atoms in total. The van der Waals surface area contributed by atoms with Gasteiger partial charge in [0.1, 0.15) is 22.4 Å². The number of hydrogen-bond donors (Lipinski definition) is 2. The van der Waals surface area contributed by atoms with Crippen molar-refractivity contribution in [3.8, 4) is 6.07 Å². The van der Waals surface area contributed by atoms with Gasteiger partial charge in [-0.05, 0) is 31.7 Å². The maximum atomic E-state index is 9.69. The predicted octanol–water partition coefficient (Wildman–Crippen LogP) is 2.12. The molecule has 0 saturated heterocycles. The van der Waals surface area contributed by atoms with Crippen molar-refractivity contribution in [1.82, 2.24) is 25.3 Å². The minimum atomic E-state index is -0.446. The van der Waals surface area contributed by atoms with Crippen LogP contribution in [0.5, 0.6) is 0 Å². The lowest BCUT2D eigenvalue weighted by atomic mass is 9.97. The molecule has 1 aliphatic carbocycles. The molecule has 1 atom stereocenters. The van der Waals surface area contributed by atoms with E-state index in [-0.39, 0.29) is 0 Å². The third-order valence-corrected chi connectivity index (χ3v) is 4.97. The van der Waals surface area contributed by atoms with Gasteiger partial charge in [-0.3, -0.25) is 5.32 Å². The van der Waals surface area contributed by atoms with E-state index in [1.807, 2.05) is 0 Å². The molecule has 0 bridgehead atoms. The number of aromatic amines is 1. The molecule has 110 valence electrons. The first-order valence-corrected chi connectivity index (χ1v) is 8.21. The van der Waals surface area contributed by atoms with Gasteiger partial charge in [0.15, 0.2) is 5.65 Å². The second kappa shape index (κ2) is 6.00. The Bertz CT molecular complexity index is 659. The molecule has 2 N–H and O–H groups in total. The molecule has 0 spiro atoms.